The van der Waals surface area contributed by atoms with Crippen molar-refractivity contribution >= 4 is 11.9 Å². The molecule has 0 aliphatic carbocycles. The third kappa shape index (κ3) is 4.35. The number of rotatable bonds is 5. The molecule has 0 aromatic heterocycles. The lowest BCUT2D eigenvalue weighted by Crippen LogP contribution is -2.53. The number of ether oxygens (including phenoxy) is 2. The zero-order valence-electron chi connectivity index (χ0n) is 16.4. The van der Waals surface area contributed by atoms with E-state index in [2.05, 4.69) is 5.32 Å². The Labute approximate surface area is 170 Å². The summed E-state index contributed by atoms with van der Waals surface area (Å²) in [4.78, 5) is 28.7. The molecule has 152 valence electrons. The third-order valence-electron chi connectivity index (χ3n) is 5.46. The van der Waals surface area contributed by atoms with Gasteiger partial charge < -0.3 is 24.6 Å². The molecular formula is C22H25N3O4. The minimum atomic E-state index is -0.159. The molecule has 2 fully saturated rings. The van der Waals surface area contributed by atoms with Crippen LogP contribution in [-0.4, -0.2) is 60.7 Å². The molecule has 2 aromatic rings. The first-order valence-electron chi connectivity index (χ1n) is 9.75. The van der Waals surface area contributed by atoms with Crippen molar-refractivity contribution in [3.05, 3.63) is 65.7 Å². The molecule has 0 saturated carbocycles. The van der Waals surface area contributed by atoms with Crippen LogP contribution in [-0.2, 0) is 22.6 Å². The fourth-order valence-electron chi connectivity index (χ4n) is 3.85. The van der Waals surface area contributed by atoms with Gasteiger partial charge in [0.15, 0.2) is 0 Å². The van der Waals surface area contributed by atoms with Crippen molar-refractivity contribution in [2.45, 2.75) is 25.2 Å². The summed E-state index contributed by atoms with van der Waals surface area (Å²) in [7, 11) is 1.63. The summed E-state index contributed by atoms with van der Waals surface area (Å²) in [6.07, 6.45) is -0.159. The maximum Gasteiger partial charge on any atom is 0.317 e. The Bertz CT molecular complexity index is 856. The molecule has 0 unspecified atom stereocenters. The number of likely N-dealkylation sites (tertiary alicyclic amines) is 1. The second kappa shape index (κ2) is 8.53. The van der Waals surface area contributed by atoms with Crippen LogP contribution in [0.25, 0.3) is 0 Å². The van der Waals surface area contributed by atoms with Gasteiger partial charge in [-0.3, -0.25) is 4.79 Å². The number of benzene rings is 2. The zero-order valence-corrected chi connectivity index (χ0v) is 16.4. The average molecular weight is 395 g/mol. The number of carbonyl (C=O) groups excluding carboxylic acids is 2. The minimum Gasteiger partial charge on any atom is -0.497 e. The number of urea groups is 1. The molecule has 0 spiro atoms. The van der Waals surface area contributed by atoms with E-state index in [1.807, 2.05) is 59.5 Å². The van der Waals surface area contributed by atoms with Gasteiger partial charge in [0.05, 0.1) is 25.8 Å². The van der Waals surface area contributed by atoms with Gasteiger partial charge in [-0.2, -0.15) is 0 Å². The number of nitrogens with zero attached hydrogens (tertiary/aromatic N) is 2. The largest absolute Gasteiger partial charge is 0.497 e. The number of methoxy groups -OCH3 is 1. The molecule has 4 rings (SSSR count). The molecule has 2 aliphatic rings. The van der Waals surface area contributed by atoms with Crippen LogP contribution in [0.4, 0.5) is 4.79 Å². The van der Waals surface area contributed by atoms with Crippen molar-refractivity contribution in [3.8, 4) is 5.75 Å². The van der Waals surface area contributed by atoms with Crippen LogP contribution in [0.1, 0.15) is 11.1 Å². The van der Waals surface area contributed by atoms with E-state index >= 15 is 0 Å². The molecule has 1 N–H and O–H groups in total. The molecule has 2 aliphatic heterocycles. The Balaban J connectivity index is 1.39. The standard InChI is InChI=1S/C22H25N3O4/c1-28-18-9-7-17(8-10-18)12-25-19-13-24(14-20(19)29-15-21(25)26)22(27)23-11-16-5-3-2-4-6-16/h2-10,19-20H,11-15H2,1H3,(H,23,27)/t19-,20+/m1/s1. The molecule has 7 heteroatoms. The number of carbonyl (C=O) groups is 2. The topological polar surface area (TPSA) is 71.1 Å². The lowest BCUT2D eigenvalue weighted by molar-refractivity contribution is -0.153. The SMILES string of the molecule is COc1ccc(CN2C(=O)CO[C@H]3CN(C(=O)NCc4ccccc4)C[C@H]32)cc1. The summed E-state index contributed by atoms with van der Waals surface area (Å²) in [5.41, 5.74) is 2.07. The fraction of sp³-hybridized carbons (Fsp3) is 0.364. The van der Waals surface area contributed by atoms with E-state index in [4.69, 9.17) is 9.47 Å². The summed E-state index contributed by atoms with van der Waals surface area (Å²) in [6.45, 7) is 1.97. The van der Waals surface area contributed by atoms with E-state index in [1.165, 1.54) is 0 Å². The van der Waals surface area contributed by atoms with E-state index < -0.39 is 0 Å². The Morgan fingerprint density at radius 3 is 2.59 bits per heavy atom. The van der Waals surface area contributed by atoms with Crippen molar-refractivity contribution in [1.82, 2.24) is 15.1 Å². The number of amides is 3. The molecule has 2 atom stereocenters. The molecular weight excluding hydrogens is 370 g/mol. The van der Waals surface area contributed by atoms with Gasteiger partial charge in [0, 0.05) is 19.6 Å². The highest BCUT2D eigenvalue weighted by Crippen LogP contribution is 2.26. The van der Waals surface area contributed by atoms with E-state index in [-0.39, 0.29) is 30.7 Å². The summed E-state index contributed by atoms with van der Waals surface area (Å²) >= 11 is 0. The van der Waals surface area contributed by atoms with Gasteiger partial charge in [-0.05, 0) is 23.3 Å². The quantitative estimate of drug-likeness (QED) is 0.841. The van der Waals surface area contributed by atoms with Gasteiger partial charge in [0.1, 0.15) is 12.4 Å². The number of nitrogens with one attached hydrogen (secondary N) is 1. The number of hydrogen-bond donors (Lipinski definition) is 1. The Kier molecular flexibility index (Phi) is 5.67. The van der Waals surface area contributed by atoms with Crippen LogP contribution < -0.4 is 10.1 Å². The van der Waals surface area contributed by atoms with Crippen LogP contribution >= 0.6 is 0 Å². The second-order valence-corrected chi connectivity index (χ2v) is 7.34. The molecule has 0 radical (unpaired) electrons. The molecule has 7 nitrogen and oxygen atoms in total. The van der Waals surface area contributed by atoms with Crippen LogP contribution in [0, 0.1) is 0 Å². The van der Waals surface area contributed by atoms with Crippen molar-refractivity contribution in [2.24, 2.45) is 0 Å². The molecule has 2 aromatic carbocycles. The summed E-state index contributed by atoms with van der Waals surface area (Å²) in [5.74, 6) is 0.732. The summed E-state index contributed by atoms with van der Waals surface area (Å²) in [6, 6.07) is 17.2. The summed E-state index contributed by atoms with van der Waals surface area (Å²) < 4.78 is 10.9. The van der Waals surface area contributed by atoms with Crippen LogP contribution in [0.5, 0.6) is 5.75 Å². The first-order valence-corrected chi connectivity index (χ1v) is 9.75. The van der Waals surface area contributed by atoms with Crippen LogP contribution in [0.2, 0.25) is 0 Å². The highest BCUT2D eigenvalue weighted by Gasteiger charge is 2.44. The van der Waals surface area contributed by atoms with Crippen LogP contribution in [0.3, 0.4) is 0 Å². The fourth-order valence-corrected chi connectivity index (χ4v) is 3.85. The highest BCUT2D eigenvalue weighted by atomic mass is 16.5. The highest BCUT2D eigenvalue weighted by molar-refractivity contribution is 5.79. The predicted octanol–water partition coefficient (Wildman–Crippen LogP) is 2.02. The monoisotopic (exact) mass is 395 g/mol. The van der Waals surface area contributed by atoms with Gasteiger partial charge in [-0.1, -0.05) is 42.5 Å². The van der Waals surface area contributed by atoms with Crippen molar-refractivity contribution in [3.63, 3.8) is 0 Å². The Morgan fingerprint density at radius 1 is 1.10 bits per heavy atom. The van der Waals surface area contributed by atoms with E-state index in [0.29, 0.717) is 26.2 Å². The van der Waals surface area contributed by atoms with Gasteiger partial charge >= 0.3 is 6.03 Å². The normalized spacial score (nSPS) is 21.1. The van der Waals surface area contributed by atoms with Gasteiger partial charge in [-0.15, -0.1) is 0 Å². The first-order chi connectivity index (χ1) is 14.1. The van der Waals surface area contributed by atoms with Gasteiger partial charge in [0.2, 0.25) is 5.91 Å². The molecule has 0 bridgehead atoms. The van der Waals surface area contributed by atoms with E-state index in [1.54, 1.807) is 12.0 Å². The lowest BCUT2D eigenvalue weighted by Gasteiger charge is -2.36. The summed E-state index contributed by atoms with van der Waals surface area (Å²) in [5, 5.41) is 2.95. The molecule has 3 amide bonds. The van der Waals surface area contributed by atoms with Gasteiger partial charge in [0.25, 0.3) is 0 Å². The van der Waals surface area contributed by atoms with E-state index in [9.17, 15) is 9.59 Å². The number of morpholine rings is 1. The van der Waals surface area contributed by atoms with E-state index in [0.717, 1.165) is 16.9 Å². The number of hydrogen-bond acceptors (Lipinski definition) is 4. The number of fused-ring (bicyclic) bond motifs is 1. The van der Waals surface area contributed by atoms with Crippen molar-refractivity contribution in [1.29, 1.82) is 0 Å². The smallest absolute Gasteiger partial charge is 0.317 e. The minimum absolute atomic E-state index is 0.0476. The second-order valence-electron chi connectivity index (χ2n) is 7.34. The molecule has 29 heavy (non-hydrogen) atoms. The molecule has 2 heterocycles. The van der Waals surface area contributed by atoms with Crippen molar-refractivity contribution in [2.75, 3.05) is 26.8 Å². The first kappa shape index (κ1) is 19.3. The maximum absolute atomic E-state index is 12.6. The third-order valence-corrected chi connectivity index (χ3v) is 5.46. The maximum atomic E-state index is 12.6. The van der Waals surface area contributed by atoms with Gasteiger partial charge in [-0.25, -0.2) is 4.79 Å². The molecule has 2 saturated heterocycles. The Hall–Kier alpha value is -3.06. The van der Waals surface area contributed by atoms with Crippen molar-refractivity contribution < 1.29 is 19.1 Å². The lowest BCUT2D eigenvalue weighted by atomic mass is 10.1. The predicted molar refractivity (Wildman–Crippen MR) is 107 cm³/mol. The van der Waals surface area contributed by atoms with Crippen LogP contribution in [0.15, 0.2) is 54.6 Å². The average Bonchev–Trinajstić information content (AvgIpc) is 3.20. The Morgan fingerprint density at radius 2 is 1.86 bits per heavy atom. The zero-order chi connectivity index (χ0) is 20.2.